The summed E-state index contributed by atoms with van der Waals surface area (Å²) in [5.74, 6) is -0.870. The first-order valence-electron chi connectivity index (χ1n) is 8.46. The van der Waals surface area contributed by atoms with Crippen molar-refractivity contribution >= 4 is 23.6 Å². The smallest absolute Gasteiger partial charge is 0.337 e. The molecule has 28 heavy (non-hydrogen) atoms. The molecular formula is C21H20N2O5. The lowest BCUT2D eigenvalue weighted by molar-refractivity contribution is -0.112. The maximum absolute atomic E-state index is 12.4. The van der Waals surface area contributed by atoms with Crippen LogP contribution in [0.1, 0.15) is 29.8 Å². The molecule has 0 saturated heterocycles. The van der Waals surface area contributed by atoms with E-state index >= 15 is 0 Å². The van der Waals surface area contributed by atoms with Gasteiger partial charge in [-0.1, -0.05) is 18.2 Å². The number of carboxylic acid groups (broad SMARTS) is 1. The van der Waals surface area contributed by atoms with Crippen molar-refractivity contribution in [3.63, 3.8) is 0 Å². The number of anilines is 1. The van der Waals surface area contributed by atoms with Crippen LogP contribution in [0.25, 0.3) is 6.08 Å². The third-order valence-corrected chi connectivity index (χ3v) is 3.63. The van der Waals surface area contributed by atoms with Gasteiger partial charge in [-0.05, 0) is 49.8 Å². The molecule has 0 unspecified atom stereocenters. The number of nitrogens with zero attached hydrogens (tertiary/aromatic N) is 1. The normalized spacial score (nSPS) is 10.9. The number of carboxylic acids is 1. The number of hydrogen-bond acceptors (Lipinski definition) is 5. The van der Waals surface area contributed by atoms with Crippen molar-refractivity contribution < 1.29 is 24.2 Å². The molecule has 0 aromatic heterocycles. The van der Waals surface area contributed by atoms with Crippen LogP contribution in [0.4, 0.5) is 5.69 Å². The number of rotatable bonds is 7. The fourth-order valence-corrected chi connectivity index (χ4v) is 2.41. The number of amides is 1. The first-order chi connectivity index (χ1) is 13.3. The number of benzene rings is 2. The maximum Gasteiger partial charge on any atom is 0.337 e. The fourth-order valence-electron chi connectivity index (χ4n) is 2.41. The Labute approximate surface area is 162 Å². The Kier molecular flexibility index (Phi) is 6.77. The summed E-state index contributed by atoms with van der Waals surface area (Å²) in [7, 11) is 1.50. The van der Waals surface area contributed by atoms with Crippen LogP contribution in [-0.4, -0.2) is 30.2 Å². The van der Waals surface area contributed by atoms with Gasteiger partial charge in [0.2, 0.25) is 0 Å². The van der Waals surface area contributed by atoms with E-state index in [1.807, 2.05) is 19.9 Å². The highest BCUT2D eigenvalue weighted by atomic mass is 16.5. The SMILES string of the molecule is COc1cc(/C=C(\C#N)C(=O)Nc2ccccc2C(=O)O)ccc1OC(C)C. The quantitative estimate of drug-likeness (QED) is 0.560. The highest BCUT2D eigenvalue weighted by Crippen LogP contribution is 2.30. The fraction of sp³-hybridized carbons (Fsp3) is 0.190. The molecule has 0 saturated carbocycles. The van der Waals surface area contributed by atoms with Gasteiger partial charge in [0, 0.05) is 0 Å². The van der Waals surface area contributed by atoms with Crippen LogP contribution < -0.4 is 14.8 Å². The van der Waals surface area contributed by atoms with Gasteiger partial charge in [-0.3, -0.25) is 4.79 Å². The average Bonchev–Trinajstić information content (AvgIpc) is 2.66. The number of methoxy groups -OCH3 is 1. The van der Waals surface area contributed by atoms with Crippen LogP contribution in [0, 0.1) is 11.3 Å². The van der Waals surface area contributed by atoms with E-state index in [0.29, 0.717) is 17.1 Å². The first-order valence-corrected chi connectivity index (χ1v) is 8.46. The number of carbonyl (C=O) groups is 2. The predicted octanol–water partition coefficient (Wildman–Crippen LogP) is 3.73. The molecule has 0 bridgehead atoms. The lowest BCUT2D eigenvalue weighted by atomic mass is 10.1. The lowest BCUT2D eigenvalue weighted by Gasteiger charge is -2.14. The molecule has 2 N–H and O–H groups in total. The van der Waals surface area contributed by atoms with E-state index in [0.717, 1.165) is 0 Å². The van der Waals surface area contributed by atoms with Crippen LogP contribution in [0.5, 0.6) is 11.5 Å². The first kappa shape index (κ1) is 20.5. The van der Waals surface area contributed by atoms with Crippen molar-refractivity contribution in [2.24, 2.45) is 0 Å². The van der Waals surface area contributed by atoms with E-state index in [1.54, 1.807) is 30.3 Å². The van der Waals surface area contributed by atoms with Gasteiger partial charge >= 0.3 is 5.97 Å². The Morgan fingerprint density at radius 1 is 1.18 bits per heavy atom. The Balaban J connectivity index is 2.30. The monoisotopic (exact) mass is 380 g/mol. The molecular weight excluding hydrogens is 360 g/mol. The second kappa shape index (κ2) is 9.24. The zero-order chi connectivity index (χ0) is 20.7. The Morgan fingerprint density at radius 2 is 1.89 bits per heavy atom. The van der Waals surface area contributed by atoms with Gasteiger partial charge in [0.1, 0.15) is 11.6 Å². The summed E-state index contributed by atoms with van der Waals surface area (Å²) in [6.45, 7) is 3.78. The molecule has 0 heterocycles. The van der Waals surface area contributed by atoms with Crippen LogP contribution in [-0.2, 0) is 4.79 Å². The summed E-state index contributed by atoms with van der Waals surface area (Å²) in [4.78, 5) is 23.7. The minimum absolute atomic E-state index is 0.0370. The Bertz CT molecular complexity index is 958. The van der Waals surface area contributed by atoms with Crippen molar-refractivity contribution in [3.05, 3.63) is 59.2 Å². The lowest BCUT2D eigenvalue weighted by Crippen LogP contribution is -2.16. The molecule has 0 spiro atoms. The number of carbonyl (C=O) groups excluding carboxylic acids is 1. The van der Waals surface area contributed by atoms with Gasteiger partial charge in [-0.2, -0.15) is 5.26 Å². The van der Waals surface area contributed by atoms with Crippen molar-refractivity contribution in [1.29, 1.82) is 5.26 Å². The van der Waals surface area contributed by atoms with Gasteiger partial charge in [-0.25, -0.2) is 4.79 Å². The van der Waals surface area contributed by atoms with Gasteiger partial charge < -0.3 is 19.9 Å². The molecule has 0 radical (unpaired) electrons. The largest absolute Gasteiger partial charge is 0.493 e. The molecule has 0 aliphatic carbocycles. The summed E-state index contributed by atoms with van der Waals surface area (Å²) in [6, 6.07) is 12.8. The highest BCUT2D eigenvalue weighted by molar-refractivity contribution is 6.11. The third kappa shape index (κ3) is 5.11. The van der Waals surface area contributed by atoms with Gasteiger partial charge in [0.25, 0.3) is 5.91 Å². The summed E-state index contributed by atoms with van der Waals surface area (Å²) < 4.78 is 10.9. The van der Waals surface area contributed by atoms with Crippen molar-refractivity contribution in [2.45, 2.75) is 20.0 Å². The summed E-state index contributed by atoms with van der Waals surface area (Å²) in [5, 5.41) is 21.0. The zero-order valence-electron chi connectivity index (χ0n) is 15.7. The molecule has 0 aliphatic rings. The van der Waals surface area contributed by atoms with Crippen LogP contribution in [0.2, 0.25) is 0 Å². The second-order valence-electron chi connectivity index (χ2n) is 6.05. The molecule has 2 aromatic rings. The van der Waals surface area contributed by atoms with Crippen LogP contribution in [0.15, 0.2) is 48.0 Å². The number of nitrogens with one attached hydrogen (secondary N) is 1. The standard InChI is InChI=1S/C21H20N2O5/c1-13(2)28-18-9-8-14(11-19(18)27-3)10-15(12-22)20(24)23-17-7-5-4-6-16(17)21(25)26/h4-11,13H,1-3H3,(H,23,24)(H,25,26)/b15-10+. The van der Waals surface area contributed by atoms with E-state index < -0.39 is 11.9 Å². The van der Waals surface area contributed by atoms with Crippen molar-refractivity contribution in [2.75, 3.05) is 12.4 Å². The molecule has 2 rings (SSSR count). The summed E-state index contributed by atoms with van der Waals surface area (Å²) in [6.07, 6.45) is 1.35. The minimum atomic E-state index is -1.18. The van der Waals surface area contributed by atoms with Gasteiger partial charge in [0.15, 0.2) is 11.5 Å². The number of nitriles is 1. The number of aromatic carboxylic acids is 1. The average molecular weight is 380 g/mol. The predicted molar refractivity (Wildman–Crippen MR) is 104 cm³/mol. The molecule has 0 fully saturated rings. The third-order valence-electron chi connectivity index (χ3n) is 3.63. The minimum Gasteiger partial charge on any atom is -0.493 e. The van der Waals surface area contributed by atoms with E-state index in [9.17, 15) is 20.0 Å². The highest BCUT2D eigenvalue weighted by Gasteiger charge is 2.15. The number of para-hydroxylation sites is 1. The second-order valence-corrected chi connectivity index (χ2v) is 6.05. The van der Waals surface area contributed by atoms with E-state index in [1.165, 1.54) is 25.3 Å². The van der Waals surface area contributed by atoms with Gasteiger partial charge in [-0.15, -0.1) is 0 Å². The molecule has 1 amide bonds. The van der Waals surface area contributed by atoms with E-state index in [-0.39, 0.29) is 22.9 Å². The van der Waals surface area contributed by atoms with Crippen LogP contribution >= 0.6 is 0 Å². The molecule has 2 aromatic carbocycles. The van der Waals surface area contributed by atoms with E-state index in [4.69, 9.17) is 9.47 Å². The molecule has 0 aliphatic heterocycles. The molecule has 7 heteroatoms. The summed E-state index contributed by atoms with van der Waals surface area (Å²) in [5.41, 5.74) is 0.426. The Morgan fingerprint density at radius 3 is 2.50 bits per heavy atom. The molecule has 144 valence electrons. The molecule has 7 nitrogen and oxygen atoms in total. The maximum atomic E-state index is 12.4. The molecule has 0 atom stereocenters. The van der Waals surface area contributed by atoms with Crippen molar-refractivity contribution in [3.8, 4) is 17.6 Å². The van der Waals surface area contributed by atoms with E-state index in [2.05, 4.69) is 5.32 Å². The van der Waals surface area contributed by atoms with Crippen LogP contribution in [0.3, 0.4) is 0 Å². The Hall–Kier alpha value is -3.79. The summed E-state index contributed by atoms with van der Waals surface area (Å²) >= 11 is 0. The number of hydrogen-bond donors (Lipinski definition) is 2. The topological polar surface area (TPSA) is 109 Å². The number of ether oxygens (including phenoxy) is 2. The van der Waals surface area contributed by atoms with Gasteiger partial charge in [0.05, 0.1) is 24.5 Å². The van der Waals surface area contributed by atoms with Crippen molar-refractivity contribution in [1.82, 2.24) is 0 Å². The zero-order valence-corrected chi connectivity index (χ0v) is 15.7.